The molecular formula is C11H17NO4S. The summed E-state index contributed by atoms with van der Waals surface area (Å²) in [6, 6.07) is 3.49. The first kappa shape index (κ1) is 14.1. The summed E-state index contributed by atoms with van der Waals surface area (Å²) < 4.78 is 4.58. The summed E-state index contributed by atoms with van der Waals surface area (Å²) in [7, 11) is 1.37. The van der Waals surface area contributed by atoms with Crippen LogP contribution in [-0.4, -0.2) is 42.5 Å². The molecule has 6 heteroatoms. The SMILES string of the molecule is COC(=O)Cc1ccc(CNC(CO)CO)s1. The second-order valence-corrected chi connectivity index (χ2v) is 4.82. The Balaban J connectivity index is 2.42. The molecule has 0 saturated heterocycles. The van der Waals surface area contributed by atoms with Crippen LogP contribution in [0.4, 0.5) is 0 Å². The Labute approximate surface area is 104 Å². The molecule has 0 amide bonds. The van der Waals surface area contributed by atoms with Gasteiger partial charge in [0.25, 0.3) is 0 Å². The van der Waals surface area contributed by atoms with Crippen LogP contribution in [0.15, 0.2) is 12.1 Å². The summed E-state index contributed by atoms with van der Waals surface area (Å²) >= 11 is 1.51. The second-order valence-electron chi connectivity index (χ2n) is 3.56. The van der Waals surface area contributed by atoms with Crippen LogP contribution in [0.1, 0.15) is 9.75 Å². The number of esters is 1. The van der Waals surface area contributed by atoms with Crippen LogP contribution >= 0.6 is 11.3 Å². The van der Waals surface area contributed by atoms with Gasteiger partial charge in [0.1, 0.15) is 0 Å². The lowest BCUT2D eigenvalue weighted by Gasteiger charge is -2.11. The Kier molecular flexibility index (Phi) is 6.13. The van der Waals surface area contributed by atoms with Gasteiger partial charge in [0.2, 0.25) is 0 Å². The predicted molar refractivity (Wildman–Crippen MR) is 64.8 cm³/mol. The molecule has 1 heterocycles. The van der Waals surface area contributed by atoms with Crippen molar-refractivity contribution >= 4 is 17.3 Å². The van der Waals surface area contributed by atoms with Gasteiger partial charge in [-0.1, -0.05) is 0 Å². The maximum absolute atomic E-state index is 11.1. The number of ether oxygens (including phenoxy) is 1. The summed E-state index contributed by atoms with van der Waals surface area (Å²) in [4.78, 5) is 13.0. The second kappa shape index (κ2) is 7.39. The third kappa shape index (κ3) is 4.82. The summed E-state index contributed by atoms with van der Waals surface area (Å²) in [6.07, 6.45) is 0.282. The number of nitrogens with one attached hydrogen (secondary N) is 1. The quantitative estimate of drug-likeness (QED) is 0.596. The fraction of sp³-hybridized carbons (Fsp3) is 0.545. The van der Waals surface area contributed by atoms with Crippen LogP contribution < -0.4 is 5.32 Å². The van der Waals surface area contributed by atoms with Crippen LogP contribution in [0.2, 0.25) is 0 Å². The van der Waals surface area contributed by atoms with Gasteiger partial charge in [-0.15, -0.1) is 11.3 Å². The van der Waals surface area contributed by atoms with Crippen molar-refractivity contribution in [3.63, 3.8) is 0 Å². The van der Waals surface area contributed by atoms with E-state index in [9.17, 15) is 4.79 Å². The van der Waals surface area contributed by atoms with Crippen molar-refractivity contribution in [3.05, 3.63) is 21.9 Å². The Bertz CT molecular complexity index is 349. The molecule has 0 aliphatic heterocycles. The highest BCUT2D eigenvalue weighted by molar-refractivity contribution is 7.12. The minimum atomic E-state index is -0.304. The van der Waals surface area contributed by atoms with Gasteiger partial charge >= 0.3 is 5.97 Å². The maximum Gasteiger partial charge on any atom is 0.310 e. The minimum absolute atomic E-state index is 0.100. The summed E-state index contributed by atoms with van der Waals surface area (Å²) in [5.41, 5.74) is 0. The number of hydrogen-bond acceptors (Lipinski definition) is 6. The Morgan fingerprint density at radius 1 is 1.41 bits per heavy atom. The van der Waals surface area contributed by atoms with Crippen LogP contribution in [0.3, 0.4) is 0 Å². The van der Waals surface area contributed by atoms with Crippen LogP contribution in [0.25, 0.3) is 0 Å². The van der Waals surface area contributed by atoms with Crippen molar-refractivity contribution in [1.29, 1.82) is 0 Å². The molecule has 0 aliphatic rings. The van der Waals surface area contributed by atoms with Gasteiger partial charge < -0.3 is 20.3 Å². The Hall–Kier alpha value is -0.950. The molecule has 96 valence electrons. The smallest absolute Gasteiger partial charge is 0.310 e. The Morgan fingerprint density at radius 2 is 2.06 bits per heavy atom. The third-order valence-electron chi connectivity index (χ3n) is 2.27. The molecule has 3 N–H and O–H groups in total. The molecule has 0 fully saturated rings. The zero-order valence-electron chi connectivity index (χ0n) is 9.68. The number of methoxy groups -OCH3 is 1. The average Bonchev–Trinajstić information content (AvgIpc) is 2.78. The summed E-state index contributed by atoms with van der Waals surface area (Å²) in [5.74, 6) is -0.255. The highest BCUT2D eigenvalue weighted by Crippen LogP contribution is 2.17. The van der Waals surface area contributed by atoms with E-state index in [1.165, 1.54) is 18.4 Å². The summed E-state index contributed by atoms with van der Waals surface area (Å²) in [6.45, 7) is 0.366. The lowest BCUT2D eigenvalue weighted by Crippen LogP contribution is -2.34. The van der Waals surface area contributed by atoms with Crippen molar-refractivity contribution in [1.82, 2.24) is 5.32 Å². The van der Waals surface area contributed by atoms with Crippen LogP contribution in [0, 0.1) is 0 Å². The number of carbonyl (C=O) groups is 1. The van der Waals surface area contributed by atoms with Crippen molar-refractivity contribution in [2.75, 3.05) is 20.3 Å². The zero-order valence-corrected chi connectivity index (χ0v) is 10.5. The molecule has 0 atom stereocenters. The number of aliphatic hydroxyl groups is 2. The lowest BCUT2D eigenvalue weighted by molar-refractivity contribution is -0.139. The lowest BCUT2D eigenvalue weighted by atomic mass is 10.3. The molecular weight excluding hydrogens is 242 g/mol. The van der Waals surface area contributed by atoms with E-state index >= 15 is 0 Å². The first-order valence-electron chi connectivity index (χ1n) is 5.29. The third-order valence-corrected chi connectivity index (χ3v) is 3.35. The number of thiophene rings is 1. The monoisotopic (exact) mass is 259 g/mol. The van der Waals surface area contributed by atoms with Gasteiger partial charge in [0.05, 0.1) is 32.8 Å². The van der Waals surface area contributed by atoms with Gasteiger partial charge in [0, 0.05) is 16.3 Å². The number of carbonyl (C=O) groups excluding carboxylic acids is 1. The van der Waals surface area contributed by atoms with E-state index in [2.05, 4.69) is 10.1 Å². The first-order valence-corrected chi connectivity index (χ1v) is 6.10. The molecule has 1 aromatic heterocycles. The Morgan fingerprint density at radius 3 is 2.65 bits per heavy atom. The molecule has 0 spiro atoms. The van der Waals surface area contributed by atoms with E-state index < -0.39 is 0 Å². The molecule has 0 unspecified atom stereocenters. The number of rotatable bonds is 7. The molecule has 1 rings (SSSR count). The van der Waals surface area contributed by atoms with Gasteiger partial charge in [0.15, 0.2) is 0 Å². The molecule has 0 aromatic carbocycles. The first-order chi connectivity index (χ1) is 8.19. The molecule has 0 radical (unpaired) electrons. The van der Waals surface area contributed by atoms with E-state index in [1.54, 1.807) is 0 Å². The van der Waals surface area contributed by atoms with E-state index in [-0.39, 0.29) is 31.6 Å². The topological polar surface area (TPSA) is 78.8 Å². The van der Waals surface area contributed by atoms with Gasteiger partial charge in [-0.25, -0.2) is 0 Å². The van der Waals surface area contributed by atoms with Crippen LogP contribution in [-0.2, 0) is 22.5 Å². The molecule has 0 aliphatic carbocycles. The average molecular weight is 259 g/mol. The van der Waals surface area contributed by atoms with Gasteiger partial charge in [-0.2, -0.15) is 0 Å². The van der Waals surface area contributed by atoms with E-state index in [1.807, 2.05) is 12.1 Å². The van der Waals surface area contributed by atoms with E-state index in [0.717, 1.165) is 9.75 Å². The van der Waals surface area contributed by atoms with Gasteiger partial charge in [-0.3, -0.25) is 4.79 Å². The highest BCUT2D eigenvalue weighted by atomic mass is 32.1. The molecule has 17 heavy (non-hydrogen) atoms. The normalized spacial score (nSPS) is 10.8. The van der Waals surface area contributed by atoms with Crippen molar-refractivity contribution < 1.29 is 19.7 Å². The summed E-state index contributed by atoms with van der Waals surface area (Å²) in [5, 5.41) is 20.8. The van der Waals surface area contributed by atoms with Crippen molar-refractivity contribution in [2.45, 2.75) is 19.0 Å². The molecule has 1 aromatic rings. The fourth-order valence-corrected chi connectivity index (χ4v) is 2.21. The highest BCUT2D eigenvalue weighted by Gasteiger charge is 2.08. The standard InChI is InChI=1S/C11H17NO4S/c1-16-11(15)4-9-2-3-10(17-9)5-12-8(6-13)7-14/h2-3,8,12-14H,4-7H2,1H3. The number of aliphatic hydroxyl groups excluding tert-OH is 2. The molecule has 0 bridgehead atoms. The maximum atomic E-state index is 11.1. The van der Waals surface area contributed by atoms with Crippen molar-refractivity contribution in [2.24, 2.45) is 0 Å². The molecule has 5 nitrogen and oxygen atoms in total. The predicted octanol–water partition coefficient (Wildman–Crippen LogP) is -0.0936. The fourth-order valence-electron chi connectivity index (χ4n) is 1.26. The largest absolute Gasteiger partial charge is 0.469 e. The van der Waals surface area contributed by atoms with Crippen molar-refractivity contribution in [3.8, 4) is 0 Å². The van der Waals surface area contributed by atoms with Gasteiger partial charge in [-0.05, 0) is 12.1 Å². The zero-order chi connectivity index (χ0) is 12.7. The van der Waals surface area contributed by atoms with E-state index in [4.69, 9.17) is 10.2 Å². The minimum Gasteiger partial charge on any atom is -0.469 e. The number of hydrogen-bond donors (Lipinski definition) is 3. The van der Waals surface area contributed by atoms with Crippen LogP contribution in [0.5, 0.6) is 0 Å². The van der Waals surface area contributed by atoms with E-state index in [0.29, 0.717) is 6.54 Å². The molecule has 0 saturated carbocycles.